The molecule has 0 unspecified atom stereocenters. The van der Waals surface area contributed by atoms with Crippen molar-refractivity contribution in [2.24, 2.45) is 0 Å². The van der Waals surface area contributed by atoms with E-state index >= 15 is 0 Å². The van der Waals surface area contributed by atoms with Gasteiger partial charge in [0.1, 0.15) is 18.4 Å². The minimum atomic E-state index is -0.515. The van der Waals surface area contributed by atoms with Crippen LogP contribution < -0.4 is 5.32 Å². The Balaban J connectivity index is 1.74. The van der Waals surface area contributed by atoms with Crippen molar-refractivity contribution in [1.29, 1.82) is 0 Å². The van der Waals surface area contributed by atoms with Crippen LogP contribution in [0.15, 0.2) is 36.5 Å². The number of anilines is 1. The topological polar surface area (TPSA) is 108 Å². The fourth-order valence-corrected chi connectivity index (χ4v) is 2.88. The summed E-state index contributed by atoms with van der Waals surface area (Å²) in [5.41, 5.74) is 3.54. The second-order valence-electron chi connectivity index (χ2n) is 6.27. The zero-order chi connectivity index (χ0) is 19.6. The summed E-state index contributed by atoms with van der Waals surface area (Å²) in [4.78, 5) is 22.8. The summed E-state index contributed by atoms with van der Waals surface area (Å²) in [5, 5.41) is 22.2. The molecule has 3 aromatic rings. The van der Waals surface area contributed by atoms with E-state index < -0.39 is 4.92 Å². The molecule has 140 valence electrons. The third-order valence-electron chi connectivity index (χ3n) is 4.39. The normalized spacial score (nSPS) is 10.8. The molecule has 0 aliphatic heterocycles. The Morgan fingerprint density at radius 3 is 2.48 bits per heavy atom. The van der Waals surface area contributed by atoms with Gasteiger partial charge in [-0.2, -0.15) is 10.2 Å². The molecule has 9 heteroatoms. The Hall–Kier alpha value is -3.49. The summed E-state index contributed by atoms with van der Waals surface area (Å²) in [7, 11) is 0. The Labute approximate surface area is 155 Å². The first kappa shape index (κ1) is 18.3. The lowest BCUT2D eigenvalue weighted by Crippen LogP contribution is -2.21. The SMILES string of the molecule is Cc1nn(Cc2ccccc2)c(C)c1NC(=O)Cn1ncc([N+](=O)[O-])c1C. The Bertz CT molecular complexity index is 990. The summed E-state index contributed by atoms with van der Waals surface area (Å²) < 4.78 is 3.15. The number of nitro groups is 1. The summed E-state index contributed by atoms with van der Waals surface area (Å²) in [5.74, 6) is -0.318. The molecular formula is C18H20N6O3. The second kappa shape index (κ2) is 7.40. The molecule has 0 saturated carbocycles. The molecule has 0 bridgehead atoms. The number of amides is 1. The average Bonchev–Trinajstić information content (AvgIpc) is 3.11. The summed E-state index contributed by atoms with van der Waals surface area (Å²) >= 11 is 0. The number of nitrogens with one attached hydrogen (secondary N) is 1. The maximum atomic E-state index is 12.4. The number of rotatable bonds is 6. The van der Waals surface area contributed by atoms with Gasteiger partial charge in [0.2, 0.25) is 5.91 Å². The average molecular weight is 368 g/mol. The van der Waals surface area contributed by atoms with E-state index in [1.807, 2.05) is 48.9 Å². The van der Waals surface area contributed by atoms with Gasteiger partial charge in [0.25, 0.3) is 0 Å². The van der Waals surface area contributed by atoms with E-state index in [4.69, 9.17) is 0 Å². The quantitative estimate of drug-likeness (QED) is 0.531. The molecule has 1 aromatic carbocycles. The van der Waals surface area contributed by atoms with Gasteiger partial charge in [0, 0.05) is 0 Å². The van der Waals surface area contributed by atoms with E-state index in [1.54, 1.807) is 6.92 Å². The number of carbonyl (C=O) groups is 1. The van der Waals surface area contributed by atoms with Gasteiger partial charge in [0.05, 0.1) is 28.5 Å². The van der Waals surface area contributed by atoms with Gasteiger partial charge in [-0.05, 0) is 26.3 Å². The number of aromatic nitrogens is 4. The van der Waals surface area contributed by atoms with Crippen LogP contribution in [0.5, 0.6) is 0 Å². The van der Waals surface area contributed by atoms with Gasteiger partial charge in [-0.3, -0.25) is 24.3 Å². The monoisotopic (exact) mass is 368 g/mol. The molecule has 1 amide bonds. The van der Waals surface area contributed by atoms with Gasteiger partial charge in [0.15, 0.2) is 0 Å². The number of hydrogen-bond acceptors (Lipinski definition) is 5. The molecule has 0 saturated heterocycles. The highest BCUT2D eigenvalue weighted by Crippen LogP contribution is 2.21. The number of nitrogens with zero attached hydrogens (tertiary/aromatic N) is 5. The molecule has 0 aliphatic rings. The van der Waals surface area contributed by atoms with Crippen molar-refractivity contribution >= 4 is 17.3 Å². The third-order valence-corrected chi connectivity index (χ3v) is 4.39. The van der Waals surface area contributed by atoms with E-state index in [9.17, 15) is 14.9 Å². The van der Waals surface area contributed by atoms with Crippen LogP contribution in [0.1, 0.15) is 22.6 Å². The largest absolute Gasteiger partial charge is 0.321 e. The molecule has 0 aliphatic carbocycles. The van der Waals surface area contributed by atoms with Crippen LogP contribution in [0.3, 0.4) is 0 Å². The first-order chi connectivity index (χ1) is 12.9. The molecule has 9 nitrogen and oxygen atoms in total. The molecule has 2 heterocycles. The lowest BCUT2D eigenvalue weighted by molar-refractivity contribution is -0.385. The number of carbonyl (C=O) groups excluding carboxylic acids is 1. The van der Waals surface area contributed by atoms with Crippen molar-refractivity contribution in [3.05, 3.63) is 69.3 Å². The van der Waals surface area contributed by atoms with E-state index in [0.29, 0.717) is 23.6 Å². The van der Waals surface area contributed by atoms with E-state index in [-0.39, 0.29) is 18.1 Å². The molecule has 0 radical (unpaired) electrons. The van der Waals surface area contributed by atoms with Crippen molar-refractivity contribution in [2.45, 2.75) is 33.9 Å². The lowest BCUT2D eigenvalue weighted by atomic mass is 10.2. The van der Waals surface area contributed by atoms with Crippen molar-refractivity contribution in [1.82, 2.24) is 19.6 Å². The predicted molar refractivity (Wildman–Crippen MR) is 99.5 cm³/mol. The van der Waals surface area contributed by atoms with Crippen molar-refractivity contribution in [2.75, 3.05) is 5.32 Å². The molecular weight excluding hydrogens is 348 g/mol. The number of aryl methyl sites for hydroxylation is 1. The molecule has 0 fully saturated rings. The fraction of sp³-hybridized carbons (Fsp3) is 0.278. The van der Waals surface area contributed by atoms with Crippen LogP contribution in [0.25, 0.3) is 0 Å². The smallest absolute Gasteiger partial charge is 0.309 e. The van der Waals surface area contributed by atoms with Crippen LogP contribution in [0.2, 0.25) is 0 Å². The van der Waals surface area contributed by atoms with Crippen molar-refractivity contribution in [3.8, 4) is 0 Å². The highest BCUT2D eigenvalue weighted by molar-refractivity contribution is 5.91. The van der Waals surface area contributed by atoms with Crippen molar-refractivity contribution in [3.63, 3.8) is 0 Å². The van der Waals surface area contributed by atoms with Gasteiger partial charge in [-0.1, -0.05) is 30.3 Å². The number of hydrogen-bond donors (Lipinski definition) is 1. The van der Waals surface area contributed by atoms with Crippen molar-refractivity contribution < 1.29 is 9.72 Å². The van der Waals surface area contributed by atoms with E-state index in [2.05, 4.69) is 15.5 Å². The Morgan fingerprint density at radius 2 is 1.85 bits per heavy atom. The Kier molecular flexibility index (Phi) is 5.02. The highest BCUT2D eigenvalue weighted by Gasteiger charge is 2.19. The lowest BCUT2D eigenvalue weighted by Gasteiger charge is -2.08. The Morgan fingerprint density at radius 1 is 1.15 bits per heavy atom. The zero-order valence-corrected chi connectivity index (χ0v) is 15.3. The fourth-order valence-electron chi connectivity index (χ4n) is 2.88. The molecule has 1 N–H and O–H groups in total. The van der Waals surface area contributed by atoms with Crippen LogP contribution in [-0.2, 0) is 17.9 Å². The zero-order valence-electron chi connectivity index (χ0n) is 15.3. The summed E-state index contributed by atoms with van der Waals surface area (Å²) in [6.07, 6.45) is 1.15. The third kappa shape index (κ3) is 3.86. The van der Waals surface area contributed by atoms with Crippen LogP contribution >= 0.6 is 0 Å². The standard InChI is InChI=1S/C18H20N6O3/c1-12-18(14(3)23(21-12)10-15-7-5-4-6-8-15)20-17(25)11-22-13(2)16(9-19-22)24(26)27/h4-9H,10-11H2,1-3H3,(H,20,25). The second-order valence-corrected chi connectivity index (χ2v) is 6.27. The van der Waals surface area contributed by atoms with Crippen LogP contribution in [-0.4, -0.2) is 30.4 Å². The maximum absolute atomic E-state index is 12.4. The molecule has 27 heavy (non-hydrogen) atoms. The summed E-state index contributed by atoms with van der Waals surface area (Å²) in [6, 6.07) is 9.92. The highest BCUT2D eigenvalue weighted by atomic mass is 16.6. The molecule has 2 aromatic heterocycles. The van der Waals surface area contributed by atoms with Gasteiger partial charge < -0.3 is 5.32 Å². The van der Waals surface area contributed by atoms with E-state index in [0.717, 1.165) is 17.5 Å². The minimum absolute atomic E-state index is 0.106. The van der Waals surface area contributed by atoms with Gasteiger partial charge in [-0.25, -0.2) is 0 Å². The first-order valence-electron chi connectivity index (χ1n) is 8.41. The maximum Gasteiger partial charge on any atom is 0.309 e. The van der Waals surface area contributed by atoms with Crippen LogP contribution in [0, 0.1) is 30.9 Å². The minimum Gasteiger partial charge on any atom is -0.321 e. The number of benzene rings is 1. The van der Waals surface area contributed by atoms with Gasteiger partial charge >= 0.3 is 5.69 Å². The first-order valence-corrected chi connectivity index (χ1v) is 8.41. The van der Waals surface area contributed by atoms with Crippen LogP contribution in [0.4, 0.5) is 11.4 Å². The molecule has 0 atom stereocenters. The van der Waals surface area contributed by atoms with Gasteiger partial charge in [-0.15, -0.1) is 0 Å². The van der Waals surface area contributed by atoms with E-state index in [1.165, 1.54) is 4.68 Å². The predicted octanol–water partition coefficient (Wildman–Crippen LogP) is 2.60. The molecule has 3 rings (SSSR count). The summed E-state index contributed by atoms with van der Waals surface area (Å²) in [6.45, 7) is 5.78. The molecule has 0 spiro atoms.